The van der Waals surface area contributed by atoms with Gasteiger partial charge in [0.05, 0.1) is 19.0 Å². The van der Waals surface area contributed by atoms with Crippen LogP contribution in [0, 0.1) is 0 Å². The number of ether oxygens (including phenoxy) is 2. The second kappa shape index (κ2) is 5.99. The van der Waals surface area contributed by atoms with Crippen molar-refractivity contribution < 1.29 is 9.47 Å². The van der Waals surface area contributed by atoms with Crippen LogP contribution in [0.2, 0.25) is 0 Å². The van der Waals surface area contributed by atoms with Crippen LogP contribution in [0.25, 0.3) is 10.8 Å². The van der Waals surface area contributed by atoms with Gasteiger partial charge in [0.15, 0.2) is 0 Å². The molecule has 2 heterocycles. The lowest BCUT2D eigenvalue weighted by Crippen LogP contribution is -2.23. The van der Waals surface area contributed by atoms with Gasteiger partial charge in [-0.15, -0.1) is 0 Å². The van der Waals surface area contributed by atoms with Crippen LogP contribution in [-0.2, 0) is 0 Å². The van der Waals surface area contributed by atoms with E-state index in [1.54, 1.807) is 7.11 Å². The van der Waals surface area contributed by atoms with E-state index in [4.69, 9.17) is 9.47 Å². The van der Waals surface area contributed by atoms with Gasteiger partial charge in [0.1, 0.15) is 11.5 Å². The van der Waals surface area contributed by atoms with Gasteiger partial charge in [-0.1, -0.05) is 42.5 Å². The molecule has 1 unspecified atom stereocenters. The van der Waals surface area contributed by atoms with E-state index in [-0.39, 0.29) is 11.5 Å². The van der Waals surface area contributed by atoms with Gasteiger partial charge < -0.3 is 14.5 Å². The minimum atomic E-state index is -0.279. The Hall–Kier alpha value is -3.60. The van der Waals surface area contributed by atoms with E-state index >= 15 is 0 Å². The zero-order valence-electron chi connectivity index (χ0n) is 14.6. The van der Waals surface area contributed by atoms with E-state index in [1.807, 2.05) is 48.5 Å². The van der Waals surface area contributed by atoms with Crippen LogP contribution in [0.4, 0.5) is 0 Å². The fourth-order valence-corrected chi connectivity index (χ4v) is 3.77. The molecule has 27 heavy (non-hydrogen) atoms. The fraction of sp³-hybridized carbons (Fsp3) is 0.0909. The zero-order valence-corrected chi connectivity index (χ0v) is 14.6. The summed E-state index contributed by atoms with van der Waals surface area (Å²) in [5, 5.41) is 2.16. The van der Waals surface area contributed by atoms with Crippen molar-refractivity contribution in [3.8, 4) is 17.4 Å². The standard InChI is InChI=1S/C22H16N2O3/c1-26-15-9-6-14(7-10-15)18-19-16-5-3-2-4-13(16)8-11-17(19)27-22-20(18)21(25)23-12-24-22/h2-12,18H,1H3,(H,23,24,25). The number of fused-ring (bicyclic) bond motifs is 4. The molecular weight excluding hydrogens is 340 g/mol. The number of H-pyrrole nitrogens is 1. The van der Waals surface area contributed by atoms with Crippen LogP contribution in [0.1, 0.15) is 22.6 Å². The number of methoxy groups -OCH3 is 1. The van der Waals surface area contributed by atoms with Crippen LogP contribution in [0.15, 0.2) is 71.8 Å². The van der Waals surface area contributed by atoms with Crippen LogP contribution < -0.4 is 15.0 Å². The van der Waals surface area contributed by atoms with Crippen molar-refractivity contribution in [3.05, 3.63) is 94.0 Å². The van der Waals surface area contributed by atoms with Gasteiger partial charge in [0.25, 0.3) is 5.56 Å². The molecule has 0 amide bonds. The second-order valence-electron chi connectivity index (χ2n) is 6.46. The maximum Gasteiger partial charge on any atom is 0.258 e. The molecule has 5 heteroatoms. The average molecular weight is 356 g/mol. The Morgan fingerprint density at radius 2 is 1.81 bits per heavy atom. The summed E-state index contributed by atoms with van der Waals surface area (Å²) in [5.41, 5.74) is 2.28. The van der Waals surface area contributed by atoms with Gasteiger partial charge in [0.2, 0.25) is 5.88 Å². The molecule has 0 saturated carbocycles. The van der Waals surface area contributed by atoms with Crippen molar-refractivity contribution in [3.63, 3.8) is 0 Å². The molecule has 0 radical (unpaired) electrons. The van der Waals surface area contributed by atoms with E-state index in [1.165, 1.54) is 6.33 Å². The second-order valence-corrected chi connectivity index (χ2v) is 6.46. The number of nitrogens with one attached hydrogen (secondary N) is 1. The van der Waals surface area contributed by atoms with Crippen molar-refractivity contribution >= 4 is 10.8 Å². The first-order valence-corrected chi connectivity index (χ1v) is 8.67. The summed E-state index contributed by atoms with van der Waals surface area (Å²) >= 11 is 0. The van der Waals surface area contributed by atoms with Crippen LogP contribution >= 0.6 is 0 Å². The van der Waals surface area contributed by atoms with E-state index in [9.17, 15) is 4.79 Å². The SMILES string of the molecule is COc1ccc(C2c3c(nc[nH]c3=O)Oc3ccc4ccccc4c32)cc1. The molecule has 0 bridgehead atoms. The number of hydrogen-bond donors (Lipinski definition) is 1. The number of rotatable bonds is 2. The maximum atomic E-state index is 12.7. The van der Waals surface area contributed by atoms with E-state index in [0.717, 1.165) is 33.4 Å². The van der Waals surface area contributed by atoms with E-state index < -0.39 is 0 Å². The summed E-state index contributed by atoms with van der Waals surface area (Å²) in [6, 6.07) is 19.9. The normalized spacial score (nSPS) is 14.9. The van der Waals surface area contributed by atoms with Crippen LogP contribution in [0.5, 0.6) is 17.4 Å². The number of aromatic amines is 1. The molecule has 3 aromatic carbocycles. The highest BCUT2D eigenvalue weighted by Crippen LogP contribution is 2.47. The number of aromatic nitrogens is 2. The third-order valence-electron chi connectivity index (χ3n) is 5.02. The molecule has 132 valence electrons. The Morgan fingerprint density at radius 1 is 1.00 bits per heavy atom. The molecule has 1 aromatic heterocycles. The molecule has 5 rings (SSSR count). The third-order valence-corrected chi connectivity index (χ3v) is 5.02. The Bertz CT molecular complexity index is 1210. The monoisotopic (exact) mass is 356 g/mol. The molecule has 0 aliphatic carbocycles. The van der Waals surface area contributed by atoms with Crippen LogP contribution in [-0.4, -0.2) is 17.1 Å². The first-order valence-electron chi connectivity index (χ1n) is 8.67. The summed E-state index contributed by atoms with van der Waals surface area (Å²) in [6.07, 6.45) is 1.37. The van der Waals surface area contributed by atoms with Crippen molar-refractivity contribution in [2.75, 3.05) is 7.11 Å². The van der Waals surface area contributed by atoms with Crippen molar-refractivity contribution in [1.29, 1.82) is 0 Å². The highest BCUT2D eigenvalue weighted by molar-refractivity contribution is 5.90. The number of hydrogen-bond acceptors (Lipinski definition) is 4. The summed E-state index contributed by atoms with van der Waals surface area (Å²) in [5.74, 6) is 1.56. The molecule has 0 saturated heterocycles. The molecule has 4 aromatic rings. The lowest BCUT2D eigenvalue weighted by molar-refractivity contribution is 0.414. The molecule has 0 fully saturated rings. The third kappa shape index (κ3) is 2.39. The summed E-state index contributed by atoms with van der Waals surface area (Å²) in [4.78, 5) is 19.7. The fourth-order valence-electron chi connectivity index (χ4n) is 3.77. The Kier molecular flexibility index (Phi) is 3.47. The van der Waals surface area contributed by atoms with Crippen molar-refractivity contribution in [2.24, 2.45) is 0 Å². The Balaban J connectivity index is 1.85. The van der Waals surface area contributed by atoms with Crippen molar-refractivity contribution in [1.82, 2.24) is 9.97 Å². The first kappa shape index (κ1) is 15.6. The smallest absolute Gasteiger partial charge is 0.258 e. The Morgan fingerprint density at radius 3 is 2.63 bits per heavy atom. The minimum absolute atomic E-state index is 0.195. The van der Waals surface area contributed by atoms with Crippen LogP contribution in [0.3, 0.4) is 0 Å². The van der Waals surface area contributed by atoms with Gasteiger partial charge in [-0.2, -0.15) is 0 Å². The molecule has 5 nitrogen and oxygen atoms in total. The minimum Gasteiger partial charge on any atom is -0.497 e. The topological polar surface area (TPSA) is 64.2 Å². The Labute approximate surface area is 155 Å². The molecular formula is C22H16N2O3. The zero-order chi connectivity index (χ0) is 18.4. The number of nitrogens with zero attached hydrogens (tertiary/aromatic N) is 1. The first-order chi connectivity index (χ1) is 13.3. The highest BCUT2D eigenvalue weighted by atomic mass is 16.5. The largest absolute Gasteiger partial charge is 0.497 e. The average Bonchev–Trinajstić information content (AvgIpc) is 2.72. The summed E-state index contributed by atoms with van der Waals surface area (Å²) in [7, 11) is 1.64. The summed E-state index contributed by atoms with van der Waals surface area (Å²) < 4.78 is 11.3. The molecule has 1 aliphatic heterocycles. The molecule has 1 N–H and O–H groups in total. The van der Waals surface area contributed by atoms with Gasteiger partial charge in [-0.25, -0.2) is 4.98 Å². The predicted octanol–water partition coefficient (Wildman–Crippen LogP) is 4.22. The van der Waals surface area contributed by atoms with Gasteiger partial charge in [-0.3, -0.25) is 4.79 Å². The van der Waals surface area contributed by atoms with Gasteiger partial charge in [0, 0.05) is 11.5 Å². The molecule has 1 aliphatic rings. The maximum absolute atomic E-state index is 12.7. The van der Waals surface area contributed by atoms with E-state index in [2.05, 4.69) is 22.1 Å². The number of benzene rings is 3. The predicted molar refractivity (Wildman–Crippen MR) is 103 cm³/mol. The van der Waals surface area contributed by atoms with E-state index in [0.29, 0.717) is 11.4 Å². The quantitative estimate of drug-likeness (QED) is 0.514. The molecule has 0 spiro atoms. The molecule has 1 atom stereocenters. The van der Waals surface area contributed by atoms with Gasteiger partial charge >= 0.3 is 0 Å². The lowest BCUT2D eigenvalue weighted by atomic mass is 9.81. The van der Waals surface area contributed by atoms with Crippen molar-refractivity contribution in [2.45, 2.75) is 5.92 Å². The lowest BCUT2D eigenvalue weighted by Gasteiger charge is -2.28. The van der Waals surface area contributed by atoms with Gasteiger partial charge in [-0.05, 0) is 34.5 Å². The highest BCUT2D eigenvalue weighted by Gasteiger charge is 2.33. The summed E-state index contributed by atoms with van der Waals surface area (Å²) in [6.45, 7) is 0.